The highest BCUT2D eigenvalue weighted by molar-refractivity contribution is 5.63. The van der Waals surface area contributed by atoms with Gasteiger partial charge in [-0.25, -0.2) is 14.4 Å². The van der Waals surface area contributed by atoms with Crippen LogP contribution in [0.1, 0.15) is 37.4 Å². The maximum absolute atomic E-state index is 13.2. The van der Waals surface area contributed by atoms with Crippen molar-refractivity contribution in [1.82, 2.24) is 9.97 Å². The van der Waals surface area contributed by atoms with E-state index in [0.29, 0.717) is 12.0 Å². The highest BCUT2D eigenvalue weighted by Gasteiger charge is 2.28. The second-order valence-electron chi connectivity index (χ2n) is 6.58. The van der Waals surface area contributed by atoms with E-state index >= 15 is 0 Å². The molecule has 0 atom stereocenters. The summed E-state index contributed by atoms with van der Waals surface area (Å²) in [5, 5.41) is 0. The van der Waals surface area contributed by atoms with Gasteiger partial charge in [-0.2, -0.15) is 0 Å². The molecule has 4 nitrogen and oxygen atoms in total. The third kappa shape index (κ3) is 3.20. The van der Waals surface area contributed by atoms with Gasteiger partial charge in [-0.15, -0.1) is 0 Å². The molecule has 0 radical (unpaired) electrons. The SMILES string of the molecule is NC1CCN(c2cc(-c3ccc(F)cc3)nc(C3CC3)n2)CC1. The van der Waals surface area contributed by atoms with Gasteiger partial charge < -0.3 is 10.6 Å². The molecule has 1 aliphatic carbocycles. The van der Waals surface area contributed by atoms with E-state index in [9.17, 15) is 4.39 Å². The van der Waals surface area contributed by atoms with Gasteiger partial charge in [0.15, 0.2) is 0 Å². The van der Waals surface area contributed by atoms with Crippen molar-refractivity contribution < 1.29 is 4.39 Å². The Morgan fingerprint density at radius 1 is 1.00 bits per heavy atom. The quantitative estimate of drug-likeness (QED) is 0.946. The van der Waals surface area contributed by atoms with Crippen molar-refractivity contribution in [3.05, 3.63) is 42.0 Å². The fourth-order valence-corrected chi connectivity index (χ4v) is 3.04. The Kier molecular flexibility index (Phi) is 3.73. The van der Waals surface area contributed by atoms with Crippen LogP contribution >= 0.6 is 0 Å². The van der Waals surface area contributed by atoms with Gasteiger partial charge in [0.2, 0.25) is 0 Å². The molecule has 2 aromatic rings. The van der Waals surface area contributed by atoms with Gasteiger partial charge in [0.25, 0.3) is 0 Å². The standard InChI is InChI=1S/C18H21FN4/c19-14-5-3-12(4-6-14)16-11-17(22-18(21-16)13-1-2-13)23-9-7-15(20)8-10-23/h3-6,11,13,15H,1-2,7-10,20H2. The van der Waals surface area contributed by atoms with Crippen LogP contribution < -0.4 is 10.6 Å². The van der Waals surface area contributed by atoms with Gasteiger partial charge >= 0.3 is 0 Å². The summed E-state index contributed by atoms with van der Waals surface area (Å²) in [5.41, 5.74) is 7.82. The van der Waals surface area contributed by atoms with Crippen LogP contribution in [0.3, 0.4) is 0 Å². The van der Waals surface area contributed by atoms with Crippen molar-refractivity contribution in [3.63, 3.8) is 0 Å². The number of nitrogens with two attached hydrogens (primary N) is 1. The summed E-state index contributed by atoms with van der Waals surface area (Å²) in [6, 6.07) is 8.85. The van der Waals surface area contributed by atoms with Crippen LogP contribution in [-0.2, 0) is 0 Å². The summed E-state index contributed by atoms with van der Waals surface area (Å²) < 4.78 is 13.2. The molecule has 23 heavy (non-hydrogen) atoms. The number of aromatic nitrogens is 2. The highest BCUT2D eigenvalue weighted by atomic mass is 19.1. The number of anilines is 1. The van der Waals surface area contributed by atoms with Crippen LogP contribution in [-0.4, -0.2) is 29.1 Å². The Morgan fingerprint density at radius 3 is 2.35 bits per heavy atom. The Balaban J connectivity index is 1.69. The Hall–Kier alpha value is -2.01. The van der Waals surface area contributed by atoms with E-state index in [4.69, 9.17) is 15.7 Å². The lowest BCUT2D eigenvalue weighted by molar-refractivity contribution is 0.498. The number of rotatable bonds is 3. The van der Waals surface area contributed by atoms with Crippen LogP contribution in [0.5, 0.6) is 0 Å². The van der Waals surface area contributed by atoms with E-state index in [1.54, 1.807) is 12.1 Å². The van der Waals surface area contributed by atoms with Gasteiger partial charge in [0.05, 0.1) is 5.69 Å². The summed E-state index contributed by atoms with van der Waals surface area (Å²) in [6.45, 7) is 1.87. The average Bonchev–Trinajstić information content (AvgIpc) is 3.41. The van der Waals surface area contributed by atoms with Crippen LogP contribution in [0, 0.1) is 5.82 Å². The van der Waals surface area contributed by atoms with Crippen LogP contribution in [0.25, 0.3) is 11.3 Å². The van der Waals surface area contributed by atoms with Crippen molar-refractivity contribution in [3.8, 4) is 11.3 Å². The van der Waals surface area contributed by atoms with Crippen molar-refractivity contribution >= 4 is 5.82 Å². The third-order valence-corrected chi connectivity index (χ3v) is 4.68. The molecule has 1 aromatic carbocycles. The first-order valence-electron chi connectivity index (χ1n) is 8.34. The van der Waals surface area contributed by atoms with Crippen LogP contribution in [0.15, 0.2) is 30.3 Å². The van der Waals surface area contributed by atoms with Crippen molar-refractivity contribution in [2.24, 2.45) is 5.73 Å². The number of hydrogen-bond acceptors (Lipinski definition) is 4. The number of halogens is 1. The molecular weight excluding hydrogens is 291 g/mol. The molecule has 2 aliphatic rings. The first-order chi connectivity index (χ1) is 11.2. The number of nitrogens with zero attached hydrogens (tertiary/aromatic N) is 3. The molecule has 120 valence electrons. The highest BCUT2D eigenvalue weighted by Crippen LogP contribution is 2.39. The molecule has 4 rings (SSSR count). The minimum absolute atomic E-state index is 0.226. The molecular formula is C18H21FN4. The minimum atomic E-state index is -0.226. The second kappa shape index (κ2) is 5.89. The monoisotopic (exact) mass is 312 g/mol. The van der Waals surface area contributed by atoms with Gasteiger partial charge in [-0.05, 0) is 49.9 Å². The van der Waals surface area contributed by atoms with E-state index in [-0.39, 0.29) is 5.82 Å². The topological polar surface area (TPSA) is 55.0 Å². The molecule has 1 saturated carbocycles. The number of piperidine rings is 1. The molecule has 2 fully saturated rings. The summed E-state index contributed by atoms with van der Waals surface area (Å²) in [7, 11) is 0. The minimum Gasteiger partial charge on any atom is -0.356 e. The molecule has 5 heteroatoms. The molecule has 2 N–H and O–H groups in total. The molecule has 0 amide bonds. The van der Waals surface area contributed by atoms with Gasteiger partial charge in [0.1, 0.15) is 17.5 Å². The predicted octanol–water partition coefficient (Wildman–Crippen LogP) is 3.09. The summed E-state index contributed by atoms with van der Waals surface area (Å²) in [4.78, 5) is 11.8. The number of hydrogen-bond donors (Lipinski definition) is 1. The Morgan fingerprint density at radius 2 is 1.70 bits per heavy atom. The zero-order chi connectivity index (χ0) is 15.8. The Bertz CT molecular complexity index is 689. The molecule has 1 aromatic heterocycles. The zero-order valence-corrected chi connectivity index (χ0v) is 13.1. The first-order valence-corrected chi connectivity index (χ1v) is 8.34. The van der Waals surface area contributed by atoms with E-state index in [0.717, 1.165) is 61.7 Å². The fraction of sp³-hybridized carbons (Fsp3) is 0.444. The third-order valence-electron chi connectivity index (χ3n) is 4.68. The van der Waals surface area contributed by atoms with Crippen LogP contribution in [0.2, 0.25) is 0 Å². The maximum atomic E-state index is 13.2. The lowest BCUT2D eigenvalue weighted by Crippen LogP contribution is -2.40. The molecule has 0 bridgehead atoms. The van der Waals surface area contributed by atoms with Gasteiger partial charge in [0, 0.05) is 36.7 Å². The summed E-state index contributed by atoms with van der Waals surface area (Å²) in [5.74, 6) is 2.17. The van der Waals surface area contributed by atoms with Crippen molar-refractivity contribution in [2.45, 2.75) is 37.6 Å². The molecule has 0 spiro atoms. The van der Waals surface area contributed by atoms with Crippen molar-refractivity contribution in [2.75, 3.05) is 18.0 Å². The maximum Gasteiger partial charge on any atom is 0.134 e. The smallest absolute Gasteiger partial charge is 0.134 e. The molecule has 0 unspecified atom stereocenters. The normalized spacial score (nSPS) is 19.1. The largest absolute Gasteiger partial charge is 0.356 e. The first kappa shape index (κ1) is 14.6. The van der Waals surface area contributed by atoms with Gasteiger partial charge in [-0.3, -0.25) is 0 Å². The zero-order valence-electron chi connectivity index (χ0n) is 13.1. The van der Waals surface area contributed by atoms with E-state index in [1.807, 2.05) is 6.07 Å². The molecule has 1 aliphatic heterocycles. The lowest BCUT2D eigenvalue weighted by atomic mass is 10.1. The van der Waals surface area contributed by atoms with Crippen molar-refractivity contribution in [1.29, 1.82) is 0 Å². The average molecular weight is 312 g/mol. The number of benzene rings is 1. The van der Waals surface area contributed by atoms with Crippen LogP contribution in [0.4, 0.5) is 10.2 Å². The molecule has 2 heterocycles. The Labute approximate surface area is 135 Å². The lowest BCUT2D eigenvalue weighted by Gasteiger charge is -2.31. The second-order valence-corrected chi connectivity index (χ2v) is 6.58. The summed E-state index contributed by atoms with van der Waals surface area (Å²) >= 11 is 0. The van der Waals surface area contributed by atoms with E-state index in [2.05, 4.69) is 4.90 Å². The fourth-order valence-electron chi connectivity index (χ4n) is 3.04. The van der Waals surface area contributed by atoms with Gasteiger partial charge in [-0.1, -0.05) is 0 Å². The predicted molar refractivity (Wildman–Crippen MR) is 88.8 cm³/mol. The van der Waals surface area contributed by atoms with E-state index < -0.39 is 0 Å². The summed E-state index contributed by atoms with van der Waals surface area (Å²) in [6.07, 6.45) is 4.32. The van der Waals surface area contributed by atoms with E-state index in [1.165, 1.54) is 12.1 Å². The molecule has 1 saturated heterocycles.